The predicted molar refractivity (Wildman–Crippen MR) is 74.7 cm³/mol. The third kappa shape index (κ3) is 3.09. The van der Waals surface area contributed by atoms with Gasteiger partial charge in [0.15, 0.2) is 5.84 Å². The molecule has 2 rings (SSSR count). The van der Waals surface area contributed by atoms with Crippen molar-refractivity contribution in [3.63, 3.8) is 0 Å². The molecule has 0 bridgehead atoms. The second-order valence-corrected chi connectivity index (χ2v) is 4.91. The number of nitrogens with two attached hydrogens (primary N) is 1. The molecule has 0 aliphatic carbocycles. The maximum Gasteiger partial charge on any atom is 0.270 e. The third-order valence-corrected chi connectivity index (χ3v) is 3.53. The summed E-state index contributed by atoms with van der Waals surface area (Å²) < 4.78 is 0. The first kappa shape index (κ1) is 13.9. The van der Waals surface area contributed by atoms with Crippen LogP contribution in [0.1, 0.15) is 34.0 Å². The maximum absolute atomic E-state index is 12.0. The summed E-state index contributed by atoms with van der Waals surface area (Å²) in [6.07, 6.45) is 3.06. The average molecular weight is 291 g/mol. The minimum absolute atomic E-state index is 0.0550. The fourth-order valence-corrected chi connectivity index (χ4v) is 2.16. The van der Waals surface area contributed by atoms with Gasteiger partial charge < -0.3 is 16.3 Å². The van der Waals surface area contributed by atoms with Gasteiger partial charge in [0.05, 0.1) is 6.04 Å². The number of rotatable bonds is 4. The van der Waals surface area contributed by atoms with E-state index in [4.69, 9.17) is 10.9 Å². The molecule has 8 heteroatoms. The summed E-state index contributed by atoms with van der Waals surface area (Å²) in [6, 6.07) is 2.88. The Bertz CT molecular complexity index is 609. The molecule has 1 amide bonds. The van der Waals surface area contributed by atoms with Gasteiger partial charge in [0.1, 0.15) is 10.7 Å². The number of carbonyl (C=O) groups is 1. The molecule has 0 aliphatic heterocycles. The van der Waals surface area contributed by atoms with Crippen LogP contribution in [-0.4, -0.2) is 26.9 Å². The summed E-state index contributed by atoms with van der Waals surface area (Å²) in [6.45, 7) is 1.85. The van der Waals surface area contributed by atoms with E-state index < -0.39 is 0 Å². The number of nitrogens with one attached hydrogen (secondary N) is 1. The van der Waals surface area contributed by atoms with Crippen molar-refractivity contribution in [1.82, 2.24) is 15.3 Å². The second-order valence-electron chi connectivity index (χ2n) is 3.98. The van der Waals surface area contributed by atoms with Crippen LogP contribution in [0.15, 0.2) is 35.1 Å². The monoisotopic (exact) mass is 291 g/mol. The number of hydrogen-bond donors (Lipinski definition) is 3. The zero-order valence-corrected chi connectivity index (χ0v) is 11.5. The summed E-state index contributed by atoms with van der Waals surface area (Å²) in [5.41, 5.74) is 6.11. The van der Waals surface area contributed by atoms with Gasteiger partial charge in [0.25, 0.3) is 5.91 Å². The highest BCUT2D eigenvalue weighted by molar-refractivity contribution is 7.09. The van der Waals surface area contributed by atoms with E-state index in [2.05, 4.69) is 20.4 Å². The fraction of sp³-hybridized carbons (Fsp3) is 0.167. The highest BCUT2D eigenvalue weighted by atomic mass is 32.1. The SMILES string of the molecule is CC(NC(=O)c1ccc(C(N)=NO)cn1)c1nccs1. The Morgan fingerprint density at radius 3 is 2.85 bits per heavy atom. The molecule has 0 saturated heterocycles. The van der Waals surface area contributed by atoms with Crippen LogP contribution in [0.25, 0.3) is 0 Å². The maximum atomic E-state index is 12.0. The zero-order chi connectivity index (χ0) is 14.5. The molecule has 4 N–H and O–H groups in total. The predicted octanol–water partition coefficient (Wildman–Crippen LogP) is 1.12. The van der Waals surface area contributed by atoms with Crippen LogP contribution in [-0.2, 0) is 0 Å². The summed E-state index contributed by atoms with van der Waals surface area (Å²) >= 11 is 1.47. The molecule has 2 heterocycles. The number of pyridine rings is 1. The van der Waals surface area contributed by atoms with Crippen molar-refractivity contribution in [2.24, 2.45) is 10.9 Å². The lowest BCUT2D eigenvalue weighted by Gasteiger charge is -2.10. The van der Waals surface area contributed by atoms with Crippen molar-refractivity contribution in [3.05, 3.63) is 46.2 Å². The van der Waals surface area contributed by atoms with Gasteiger partial charge in [-0.25, -0.2) is 4.98 Å². The molecule has 0 aromatic carbocycles. The Kier molecular flexibility index (Phi) is 4.26. The number of thiazole rings is 1. The highest BCUT2D eigenvalue weighted by Crippen LogP contribution is 2.15. The highest BCUT2D eigenvalue weighted by Gasteiger charge is 2.14. The van der Waals surface area contributed by atoms with E-state index >= 15 is 0 Å². The summed E-state index contributed by atoms with van der Waals surface area (Å²) in [7, 11) is 0. The fourth-order valence-electron chi connectivity index (χ4n) is 1.52. The minimum Gasteiger partial charge on any atom is -0.409 e. The van der Waals surface area contributed by atoms with Gasteiger partial charge in [-0.05, 0) is 19.1 Å². The van der Waals surface area contributed by atoms with Gasteiger partial charge in [-0.2, -0.15) is 0 Å². The van der Waals surface area contributed by atoms with Gasteiger partial charge in [-0.15, -0.1) is 11.3 Å². The average Bonchev–Trinajstić information content (AvgIpc) is 3.01. The van der Waals surface area contributed by atoms with E-state index in [-0.39, 0.29) is 23.5 Å². The number of aromatic nitrogens is 2. The molecule has 1 atom stereocenters. The summed E-state index contributed by atoms with van der Waals surface area (Å²) in [5, 5.41) is 16.9. The van der Waals surface area contributed by atoms with Crippen LogP contribution < -0.4 is 11.1 Å². The second kappa shape index (κ2) is 6.11. The van der Waals surface area contributed by atoms with Gasteiger partial charge in [-0.1, -0.05) is 5.16 Å². The lowest BCUT2D eigenvalue weighted by atomic mass is 10.2. The first-order valence-corrected chi connectivity index (χ1v) is 6.64. The zero-order valence-electron chi connectivity index (χ0n) is 10.6. The molecular formula is C12H13N5O2S. The number of nitrogens with zero attached hydrogens (tertiary/aromatic N) is 3. The van der Waals surface area contributed by atoms with Crippen molar-refractivity contribution in [1.29, 1.82) is 0 Å². The lowest BCUT2D eigenvalue weighted by Crippen LogP contribution is -2.27. The Hall–Kier alpha value is -2.48. The van der Waals surface area contributed by atoms with Crippen molar-refractivity contribution < 1.29 is 10.0 Å². The van der Waals surface area contributed by atoms with E-state index in [0.29, 0.717) is 5.56 Å². The van der Waals surface area contributed by atoms with E-state index in [1.54, 1.807) is 12.3 Å². The lowest BCUT2D eigenvalue weighted by molar-refractivity contribution is 0.0935. The molecule has 104 valence electrons. The number of hydrogen-bond acceptors (Lipinski definition) is 6. The van der Waals surface area contributed by atoms with Crippen LogP contribution in [0.4, 0.5) is 0 Å². The summed E-state index contributed by atoms with van der Waals surface area (Å²) in [5.74, 6) is -0.362. The van der Waals surface area contributed by atoms with Gasteiger partial charge in [-0.3, -0.25) is 9.78 Å². The van der Waals surface area contributed by atoms with Crippen LogP contribution in [0, 0.1) is 0 Å². The number of carbonyl (C=O) groups excluding carboxylic acids is 1. The molecule has 2 aromatic heterocycles. The van der Waals surface area contributed by atoms with E-state index in [0.717, 1.165) is 5.01 Å². The van der Waals surface area contributed by atoms with Crippen LogP contribution >= 0.6 is 11.3 Å². The molecule has 1 unspecified atom stereocenters. The first-order valence-electron chi connectivity index (χ1n) is 5.76. The van der Waals surface area contributed by atoms with Gasteiger partial charge >= 0.3 is 0 Å². The summed E-state index contributed by atoms with van der Waals surface area (Å²) in [4.78, 5) is 20.1. The van der Waals surface area contributed by atoms with Gasteiger partial charge in [0.2, 0.25) is 0 Å². The first-order chi connectivity index (χ1) is 9.61. The number of oxime groups is 1. The van der Waals surface area contributed by atoms with Crippen LogP contribution in [0.3, 0.4) is 0 Å². The number of amides is 1. The van der Waals surface area contributed by atoms with Crippen molar-refractivity contribution >= 4 is 23.1 Å². The van der Waals surface area contributed by atoms with E-state index in [1.807, 2.05) is 12.3 Å². The van der Waals surface area contributed by atoms with Crippen molar-refractivity contribution in [2.75, 3.05) is 0 Å². The molecule has 0 radical (unpaired) electrons. The van der Waals surface area contributed by atoms with Crippen LogP contribution in [0.5, 0.6) is 0 Å². The topological polar surface area (TPSA) is 113 Å². The van der Waals surface area contributed by atoms with Crippen molar-refractivity contribution in [3.8, 4) is 0 Å². The van der Waals surface area contributed by atoms with Gasteiger partial charge in [0, 0.05) is 23.3 Å². The molecule has 0 spiro atoms. The van der Waals surface area contributed by atoms with Crippen molar-refractivity contribution in [2.45, 2.75) is 13.0 Å². The Balaban J connectivity index is 2.06. The molecule has 0 fully saturated rings. The molecule has 20 heavy (non-hydrogen) atoms. The van der Waals surface area contributed by atoms with E-state index in [1.165, 1.54) is 23.6 Å². The molecular weight excluding hydrogens is 278 g/mol. The molecule has 2 aromatic rings. The third-order valence-electron chi connectivity index (χ3n) is 2.57. The normalized spacial score (nSPS) is 12.9. The molecule has 0 aliphatic rings. The Morgan fingerprint density at radius 1 is 1.50 bits per heavy atom. The van der Waals surface area contributed by atoms with Crippen LogP contribution in [0.2, 0.25) is 0 Å². The minimum atomic E-state index is -0.307. The Labute approximate surface area is 119 Å². The molecule has 7 nitrogen and oxygen atoms in total. The van der Waals surface area contributed by atoms with E-state index in [9.17, 15) is 4.79 Å². The quantitative estimate of drug-likeness (QED) is 0.338. The molecule has 0 saturated carbocycles. The Morgan fingerprint density at radius 2 is 2.30 bits per heavy atom. The largest absolute Gasteiger partial charge is 0.409 e. The number of amidine groups is 1. The smallest absolute Gasteiger partial charge is 0.270 e. The standard InChI is InChI=1S/C12H13N5O2S/c1-7(12-14-4-5-20-12)16-11(18)9-3-2-8(6-15-9)10(13)17-19/h2-7,19H,1H3,(H2,13,17)(H,16,18).